The van der Waals surface area contributed by atoms with Crippen molar-refractivity contribution in [3.05, 3.63) is 22.4 Å². The minimum atomic E-state index is -0.838. The van der Waals surface area contributed by atoms with Crippen LogP contribution in [0, 0.1) is 5.41 Å². The van der Waals surface area contributed by atoms with Crippen LogP contribution in [-0.2, 0) is 11.2 Å². The van der Waals surface area contributed by atoms with Crippen LogP contribution in [0.5, 0.6) is 0 Å². The number of carboxylic acids is 1. The van der Waals surface area contributed by atoms with Gasteiger partial charge in [0.2, 0.25) is 5.89 Å². The van der Waals surface area contributed by atoms with E-state index in [9.17, 15) is 4.79 Å². The van der Waals surface area contributed by atoms with Crippen molar-refractivity contribution in [2.24, 2.45) is 5.41 Å². The maximum absolute atomic E-state index is 10.8. The van der Waals surface area contributed by atoms with Gasteiger partial charge in [-0.25, -0.2) is 0 Å². The number of nitrogens with zero attached hydrogens (tertiary/aromatic N) is 2. The zero-order valence-corrected chi connectivity index (χ0v) is 12.1. The number of hydrogen-bond acceptors (Lipinski definition) is 5. The number of halogens is 1. The zero-order valence-electron chi connectivity index (χ0n) is 10.5. The Labute approximate surface area is 119 Å². The zero-order chi connectivity index (χ0) is 14.0. The van der Waals surface area contributed by atoms with Gasteiger partial charge in [0.1, 0.15) is 0 Å². The normalized spacial score (nSPS) is 11.7. The Morgan fingerprint density at radius 3 is 2.79 bits per heavy atom. The van der Waals surface area contributed by atoms with Crippen LogP contribution in [-0.4, -0.2) is 21.3 Å². The molecule has 19 heavy (non-hydrogen) atoms. The molecule has 0 aliphatic rings. The van der Waals surface area contributed by atoms with E-state index < -0.39 is 11.4 Å². The van der Waals surface area contributed by atoms with Crippen molar-refractivity contribution in [3.63, 3.8) is 0 Å². The molecule has 0 atom stereocenters. The Morgan fingerprint density at radius 1 is 1.47 bits per heavy atom. The van der Waals surface area contributed by atoms with E-state index in [0.29, 0.717) is 22.5 Å². The van der Waals surface area contributed by atoms with Gasteiger partial charge < -0.3 is 9.52 Å². The van der Waals surface area contributed by atoms with Gasteiger partial charge >= 0.3 is 5.97 Å². The Bertz CT molecular complexity index is 591. The van der Waals surface area contributed by atoms with E-state index in [0.717, 1.165) is 4.88 Å². The first-order valence-corrected chi connectivity index (χ1v) is 6.85. The van der Waals surface area contributed by atoms with E-state index in [1.54, 1.807) is 6.07 Å². The maximum Gasteiger partial charge on any atom is 0.303 e. The van der Waals surface area contributed by atoms with Crippen LogP contribution in [0.25, 0.3) is 10.8 Å². The molecule has 0 bridgehead atoms. The van der Waals surface area contributed by atoms with Gasteiger partial charge in [0, 0.05) is 6.42 Å². The lowest BCUT2D eigenvalue weighted by Gasteiger charge is -2.19. The van der Waals surface area contributed by atoms with Gasteiger partial charge in [-0.1, -0.05) is 25.4 Å². The first kappa shape index (κ1) is 14.0. The number of hydrogen-bond donors (Lipinski definition) is 1. The molecule has 0 saturated carbocycles. The molecular formula is C12H13ClN2O3S. The third kappa shape index (κ3) is 3.78. The Balaban J connectivity index is 2.11. The number of aliphatic carboxylic acids is 1. The van der Waals surface area contributed by atoms with Crippen LogP contribution >= 0.6 is 22.9 Å². The summed E-state index contributed by atoms with van der Waals surface area (Å²) in [4.78, 5) is 11.6. The minimum Gasteiger partial charge on any atom is -0.481 e. The van der Waals surface area contributed by atoms with E-state index >= 15 is 0 Å². The molecule has 0 aliphatic heterocycles. The van der Waals surface area contributed by atoms with Crippen molar-refractivity contribution in [2.75, 3.05) is 0 Å². The third-order valence-electron chi connectivity index (χ3n) is 2.51. The minimum absolute atomic E-state index is 0.0511. The quantitative estimate of drug-likeness (QED) is 0.914. The van der Waals surface area contributed by atoms with E-state index in [4.69, 9.17) is 21.1 Å². The fourth-order valence-corrected chi connectivity index (χ4v) is 2.70. The molecule has 0 spiro atoms. The van der Waals surface area contributed by atoms with Crippen molar-refractivity contribution in [3.8, 4) is 10.8 Å². The number of aromatic nitrogens is 2. The second-order valence-corrected chi connectivity index (χ2v) is 6.73. The van der Waals surface area contributed by atoms with Crippen LogP contribution in [0.2, 0.25) is 4.34 Å². The van der Waals surface area contributed by atoms with E-state index in [1.165, 1.54) is 11.3 Å². The molecule has 102 valence electrons. The average molecular weight is 301 g/mol. The molecule has 0 unspecified atom stereocenters. The van der Waals surface area contributed by atoms with Crippen LogP contribution in [0.15, 0.2) is 16.5 Å². The third-order valence-corrected chi connectivity index (χ3v) is 3.73. The van der Waals surface area contributed by atoms with Gasteiger partial charge in [-0.2, -0.15) is 0 Å². The number of thiophene rings is 1. The monoisotopic (exact) mass is 300 g/mol. The summed E-state index contributed by atoms with van der Waals surface area (Å²) in [6.45, 7) is 3.71. The highest BCUT2D eigenvalue weighted by Crippen LogP contribution is 2.31. The molecule has 0 aliphatic carbocycles. The Morgan fingerprint density at radius 2 is 2.21 bits per heavy atom. The molecule has 2 rings (SSSR count). The van der Waals surface area contributed by atoms with Crippen molar-refractivity contribution in [2.45, 2.75) is 26.7 Å². The fraction of sp³-hybridized carbons (Fsp3) is 0.417. The molecule has 0 amide bonds. The topological polar surface area (TPSA) is 76.2 Å². The van der Waals surface area contributed by atoms with Crippen LogP contribution in [0.1, 0.15) is 26.2 Å². The lowest BCUT2D eigenvalue weighted by molar-refractivity contribution is -0.139. The van der Waals surface area contributed by atoms with Crippen molar-refractivity contribution in [1.82, 2.24) is 10.2 Å². The summed E-state index contributed by atoms with van der Waals surface area (Å²) in [6.07, 6.45) is 0.473. The predicted molar refractivity (Wildman–Crippen MR) is 72.4 cm³/mol. The van der Waals surface area contributed by atoms with Crippen molar-refractivity contribution >= 4 is 28.9 Å². The predicted octanol–water partition coefficient (Wildman–Crippen LogP) is 3.49. The second-order valence-electron chi connectivity index (χ2n) is 5.02. The molecule has 2 heterocycles. The second kappa shape index (κ2) is 5.30. The SMILES string of the molecule is CC(C)(CC(=O)O)Cc1nnc(-c2ccc(Cl)s2)o1. The fourth-order valence-electron chi connectivity index (χ4n) is 1.74. The molecule has 0 fully saturated rings. The van der Waals surface area contributed by atoms with Crippen molar-refractivity contribution in [1.29, 1.82) is 0 Å². The highest BCUT2D eigenvalue weighted by atomic mass is 35.5. The largest absolute Gasteiger partial charge is 0.481 e. The van der Waals surface area contributed by atoms with Crippen LogP contribution in [0.3, 0.4) is 0 Å². The van der Waals surface area contributed by atoms with Crippen molar-refractivity contribution < 1.29 is 14.3 Å². The molecule has 5 nitrogen and oxygen atoms in total. The smallest absolute Gasteiger partial charge is 0.303 e. The summed E-state index contributed by atoms with van der Waals surface area (Å²) < 4.78 is 6.19. The molecule has 0 aromatic carbocycles. The molecule has 2 aromatic rings. The van der Waals surface area contributed by atoms with E-state index in [2.05, 4.69) is 10.2 Å². The Hall–Kier alpha value is -1.40. The maximum atomic E-state index is 10.8. The summed E-state index contributed by atoms with van der Waals surface area (Å²) >= 11 is 7.20. The summed E-state index contributed by atoms with van der Waals surface area (Å²) in [6, 6.07) is 3.58. The highest BCUT2D eigenvalue weighted by Gasteiger charge is 2.25. The molecule has 2 aromatic heterocycles. The number of carboxylic acid groups (broad SMARTS) is 1. The van der Waals surface area contributed by atoms with Gasteiger partial charge in [0.15, 0.2) is 0 Å². The Kier molecular flexibility index (Phi) is 3.91. The van der Waals surface area contributed by atoms with Crippen LogP contribution in [0.4, 0.5) is 0 Å². The van der Waals surface area contributed by atoms with Gasteiger partial charge in [-0.05, 0) is 17.5 Å². The summed E-state index contributed by atoms with van der Waals surface area (Å²) in [5.74, 6) is 0.0126. The van der Waals surface area contributed by atoms with Gasteiger partial charge in [0.05, 0.1) is 15.6 Å². The highest BCUT2D eigenvalue weighted by molar-refractivity contribution is 7.19. The van der Waals surface area contributed by atoms with Gasteiger partial charge in [-0.15, -0.1) is 21.5 Å². The van der Waals surface area contributed by atoms with E-state index in [-0.39, 0.29) is 6.42 Å². The summed E-state index contributed by atoms with van der Waals surface area (Å²) in [7, 11) is 0. The molecule has 0 radical (unpaired) electrons. The standard InChI is InChI=1S/C12H13ClN2O3S/c1-12(2,6-10(16)17)5-9-14-15-11(18-9)7-3-4-8(13)19-7/h3-4H,5-6H2,1-2H3,(H,16,17). The average Bonchev–Trinajstić information content (AvgIpc) is 2.84. The van der Waals surface area contributed by atoms with Gasteiger partial charge in [0.25, 0.3) is 5.89 Å². The van der Waals surface area contributed by atoms with E-state index in [1.807, 2.05) is 19.9 Å². The lowest BCUT2D eigenvalue weighted by Crippen LogP contribution is -2.19. The molecular weight excluding hydrogens is 288 g/mol. The first-order valence-electron chi connectivity index (χ1n) is 5.66. The summed E-state index contributed by atoms with van der Waals surface area (Å²) in [5.41, 5.74) is -0.428. The number of rotatable bonds is 5. The van der Waals surface area contributed by atoms with Gasteiger partial charge in [-0.3, -0.25) is 4.79 Å². The molecule has 1 N–H and O–H groups in total. The lowest BCUT2D eigenvalue weighted by atomic mass is 9.86. The number of carbonyl (C=O) groups is 1. The van der Waals surface area contributed by atoms with Crippen LogP contribution < -0.4 is 0 Å². The molecule has 0 saturated heterocycles. The molecule has 7 heteroatoms. The summed E-state index contributed by atoms with van der Waals surface area (Å²) in [5, 5.41) is 16.7. The first-order chi connectivity index (χ1) is 8.85.